The molecule has 0 spiro atoms. The number of rotatable bonds is 4. The Labute approximate surface area is 103 Å². The first kappa shape index (κ1) is 13.0. The SMILES string of the molecule is COC(=O)C[C@H](N)c1cc(Br)ccc1OC. The molecule has 0 unspecified atom stereocenters. The van der Waals surface area contributed by atoms with Crippen LogP contribution < -0.4 is 10.5 Å². The lowest BCUT2D eigenvalue weighted by molar-refractivity contribution is -0.141. The molecule has 88 valence electrons. The molecule has 0 saturated carbocycles. The van der Waals surface area contributed by atoms with Crippen LogP contribution in [0.2, 0.25) is 0 Å². The number of carbonyl (C=O) groups excluding carboxylic acids is 1. The van der Waals surface area contributed by atoms with Gasteiger partial charge in [-0.25, -0.2) is 0 Å². The summed E-state index contributed by atoms with van der Waals surface area (Å²) in [6.07, 6.45) is 0.128. The monoisotopic (exact) mass is 287 g/mol. The molecule has 0 aromatic heterocycles. The molecule has 0 fully saturated rings. The summed E-state index contributed by atoms with van der Waals surface area (Å²) in [5, 5.41) is 0. The molecule has 1 atom stereocenters. The maximum absolute atomic E-state index is 11.1. The highest BCUT2D eigenvalue weighted by atomic mass is 79.9. The van der Waals surface area contributed by atoms with Crippen molar-refractivity contribution in [2.24, 2.45) is 5.73 Å². The van der Waals surface area contributed by atoms with Gasteiger partial charge < -0.3 is 15.2 Å². The van der Waals surface area contributed by atoms with Crippen molar-refractivity contribution in [3.8, 4) is 5.75 Å². The average molecular weight is 288 g/mol. The quantitative estimate of drug-likeness (QED) is 0.861. The minimum absolute atomic E-state index is 0.128. The molecule has 2 N–H and O–H groups in total. The molecule has 0 bridgehead atoms. The summed E-state index contributed by atoms with van der Waals surface area (Å²) in [4.78, 5) is 11.1. The Kier molecular flexibility index (Phi) is 4.76. The number of hydrogen-bond donors (Lipinski definition) is 1. The van der Waals surface area contributed by atoms with Crippen LogP contribution in [-0.4, -0.2) is 20.2 Å². The van der Waals surface area contributed by atoms with Crippen LogP contribution in [0, 0.1) is 0 Å². The van der Waals surface area contributed by atoms with Crippen LogP contribution >= 0.6 is 15.9 Å². The Bertz CT molecular complexity index is 381. The highest BCUT2D eigenvalue weighted by Crippen LogP contribution is 2.28. The summed E-state index contributed by atoms with van der Waals surface area (Å²) in [6.45, 7) is 0. The molecule has 0 aliphatic carbocycles. The van der Waals surface area contributed by atoms with E-state index in [0.29, 0.717) is 5.75 Å². The standard InChI is InChI=1S/C11H14BrNO3/c1-15-10-4-3-7(12)5-8(10)9(13)6-11(14)16-2/h3-5,9H,6,13H2,1-2H3/t9-/m0/s1. The molecule has 16 heavy (non-hydrogen) atoms. The molecule has 1 rings (SSSR count). The van der Waals surface area contributed by atoms with Crippen molar-refractivity contribution in [1.82, 2.24) is 0 Å². The third-order valence-electron chi connectivity index (χ3n) is 2.21. The molecular weight excluding hydrogens is 274 g/mol. The van der Waals surface area contributed by atoms with Crippen molar-refractivity contribution >= 4 is 21.9 Å². The average Bonchev–Trinajstić information content (AvgIpc) is 2.28. The van der Waals surface area contributed by atoms with Gasteiger partial charge in [-0.15, -0.1) is 0 Å². The first-order valence-corrected chi connectivity index (χ1v) is 5.53. The van der Waals surface area contributed by atoms with Gasteiger partial charge in [-0.3, -0.25) is 4.79 Å². The van der Waals surface area contributed by atoms with Gasteiger partial charge in [0.15, 0.2) is 0 Å². The molecule has 0 heterocycles. The zero-order valence-electron chi connectivity index (χ0n) is 9.20. The molecule has 5 heteroatoms. The second kappa shape index (κ2) is 5.86. The lowest BCUT2D eigenvalue weighted by Gasteiger charge is -2.15. The number of nitrogens with two attached hydrogens (primary N) is 1. The number of halogens is 1. The summed E-state index contributed by atoms with van der Waals surface area (Å²) in [6, 6.07) is 5.07. The van der Waals surface area contributed by atoms with Crippen molar-refractivity contribution < 1.29 is 14.3 Å². The lowest BCUT2D eigenvalue weighted by Crippen LogP contribution is -2.17. The Hall–Kier alpha value is -1.07. The van der Waals surface area contributed by atoms with Gasteiger partial charge in [-0.05, 0) is 18.2 Å². The van der Waals surface area contributed by atoms with Crippen LogP contribution in [0.5, 0.6) is 5.75 Å². The third-order valence-corrected chi connectivity index (χ3v) is 2.70. The largest absolute Gasteiger partial charge is 0.496 e. The summed E-state index contributed by atoms with van der Waals surface area (Å²) in [7, 11) is 2.91. The number of carbonyl (C=O) groups is 1. The van der Waals surface area contributed by atoms with E-state index in [0.717, 1.165) is 10.0 Å². The first-order chi connectivity index (χ1) is 7.58. The molecule has 4 nitrogen and oxygen atoms in total. The van der Waals surface area contributed by atoms with Crippen molar-refractivity contribution in [3.05, 3.63) is 28.2 Å². The minimum atomic E-state index is -0.431. The Morgan fingerprint density at radius 3 is 2.75 bits per heavy atom. The van der Waals surface area contributed by atoms with Crippen molar-refractivity contribution in [3.63, 3.8) is 0 Å². The van der Waals surface area contributed by atoms with Gasteiger partial charge >= 0.3 is 5.97 Å². The molecule has 0 aliphatic heterocycles. The fourth-order valence-corrected chi connectivity index (χ4v) is 1.75. The number of ether oxygens (including phenoxy) is 2. The number of hydrogen-bond acceptors (Lipinski definition) is 4. The smallest absolute Gasteiger partial charge is 0.307 e. The zero-order valence-corrected chi connectivity index (χ0v) is 10.8. The number of esters is 1. The second-order valence-corrected chi connectivity index (χ2v) is 4.19. The zero-order chi connectivity index (χ0) is 12.1. The van der Waals surface area contributed by atoms with Gasteiger partial charge in [-0.2, -0.15) is 0 Å². The van der Waals surface area contributed by atoms with E-state index in [1.165, 1.54) is 7.11 Å². The highest BCUT2D eigenvalue weighted by Gasteiger charge is 2.16. The summed E-state index contributed by atoms with van der Waals surface area (Å²) >= 11 is 3.35. The van der Waals surface area contributed by atoms with E-state index in [4.69, 9.17) is 10.5 Å². The molecule has 0 aliphatic rings. The minimum Gasteiger partial charge on any atom is -0.496 e. The lowest BCUT2D eigenvalue weighted by atomic mass is 10.0. The Morgan fingerprint density at radius 1 is 1.50 bits per heavy atom. The van der Waals surface area contributed by atoms with Gasteiger partial charge in [0.1, 0.15) is 5.75 Å². The Balaban J connectivity index is 2.92. The van der Waals surface area contributed by atoms with Gasteiger partial charge in [-0.1, -0.05) is 15.9 Å². The number of benzene rings is 1. The predicted octanol–water partition coefficient (Wildman–Crippen LogP) is 2.02. The van der Waals surface area contributed by atoms with Gasteiger partial charge in [0, 0.05) is 16.1 Å². The maximum Gasteiger partial charge on any atom is 0.307 e. The van der Waals surface area contributed by atoms with Gasteiger partial charge in [0.25, 0.3) is 0 Å². The van der Waals surface area contributed by atoms with Crippen molar-refractivity contribution in [1.29, 1.82) is 0 Å². The van der Waals surface area contributed by atoms with Crippen molar-refractivity contribution in [2.75, 3.05) is 14.2 Å². The van der Waals surface area contributed by atoms with E-state index >= 15 is 0 Å². The van der Waals surface area contributed by atoms with Crippen LogP contribution in [0.25, 0.3) is 0 Å². The van der Waals surface area contributed by atoms with Crippen LogP contribution in [0.15, 0.2) is 22.7 Å². The van der Waals surface area contributed by atoms with E-state index in [9.17, 15) is 4.79 Å². The van der Waals surface area contributed by atoms with E-state index in [1.54, 1.807) is 13.2 Å². The van der Waals surface area contributed by atoms with Gasteiger partial charge in [0.2, 0.25) is 0 Å². The number of methoxy groups -OCH3 is 2. The molecule has 0 amide bonds. The summed E-state index contributed by atoms with van der Waals surface area (Å²) in [5.74, 6) is 0.328. The summed E-state index contributed by atoms with van der Waals surface area (Å²) in [5.41, 5.74) is 6.69. The normalized spacial score (nSPS) is 12.0. The molecule has 0 saturated heterocycles. The molecule has 1 aromatic rings. The summed E-state index contributed by atoms with van der Waals surface area (Å²) < 4.78 is 10.7. The third kappa shape index (κ3) is 3.21. The van der Waals surface area contributed by atoms with Crippen LogP contribution in [0.1, 0.15) is 18.0 Å². The predicted molar refractivity (Wildman–Crippen MR) is 64.3 cm³/mol. The fourth-order valence-electron chi connectivity index (χ4n) is 1.37. The van der Waals surface area contributed by atoms with Gasteiger partial charge in [0.05, 0.1) is 20.6 Å². The van der Waals surface area contributed by atoms with Crippen LogP contribution in [-0.2, 0) is 9.53 Å². The van der Waals surface area contributed by atoms with E-state index < -0.39 is 6.04 Å². The molecule has 0 radical (unpaired) electrons. The van der Waals surface area contributed by atoms with E-state index in [-0.39, 0.29) is 12.4 Å². The maximum atomic E-state index is 11.1. The van der Waals surface area contributed by atoms with E-state index in [1.807, 2.05) is 12.1 Å². The second-order valence-electron chi connectivity index (χ2n) is 3.27. The van der Waals surface area contributed by atoms with Crippen LogP contribution in [0.3, 0.4) is 0 Å². The van der Waals surface area contributed by atoms with E-state index in [2.05, 4.69) is 20.7 Å². The molecule has 1 aromatic carbocycles. The first-order valence-electron chi connectivity index (χ1n) is 4.74. The molecular formula is C11H14BrNO3. The van der Waals surface area contributed by atoms with Crippen molar-refractivity contribution in [2.45, 2.75) is 12.5 Å². The Morgan fingerprint density at radius 2 is 2.19 bits per heavy atom. The fraction of sp³-hybridized carbons (Fsp3) is 0.364. The van der Waals surface area contributed by atoms with Crippen LogP contribution in [0.4, 0.5) is 0 Å². The highest BCUT2D eigenvalue weighted by molar-refractivity contribution is 9.10. The topological polar surface area (TPSA) is 61.5 Å².